The third kappa shape index (κ3) is 5.37. The molecule has 1 saturated heterocycles. The summed E-state index contributed by atoms with van der Waals surface area (Å²) in [4.78, 5) is 25.2. The molecule has 0 radical (unpaired) electrons. The molecule has 120 valence electrons. The van der Waals surface area contributed by atoms with Crippen molar-refractivity contribution < 1.29 is 14.3 Å². The lowest BCUT2D eigenvalue weighted by Gasteiger charge is -2.26. The zero-order valence-electron chi connectivity index (χ0n) is 13.3. The summed E-state index contributed by atoms with van der Waals surface area (Å²) >= 11 is 0. The largest absolute Gasteiger partial charge is 0.444 e. The fourth-order valence-corrected chi connectivity index (χ4v) is 2.25. The van der Waals surface area contributed by atoms with Crippen LogP contribution in [0.1, 0.15) is 26.3 Å². The molecule has 2 N–H and O–H groups in total. The van der Waals surface area contributed by atoms with E-state index in [1.807, 2.05) is 45.0 Å². The Bertz CT molecular complexity index is 552. The van der Waals surface area contributed by atoms with E-state index < -0.39 is 11.7 Å². The van der Waals surface area contributed by atoms with Gasteiger partial charge in [0, 0.05) is 25.3 Å². The fraction of sp³-hybridized carbons (Fsp3) is 0.500. The van der Waals surface area contributed by atoms with E-state index in [1.54, 1.807) is 0 Å². The van der Waals surface area contributed by atoms with Crippen molar-refractivity contribution in [2.75, 3.05) is 25.0 Å². The van der Waals surface area contributed by atoms with Crippen LogP contribution in [0.5, 0.6) is 0 Å². The molecule has 0 saturated carbocycles. The molecule has 22 heavy (non-hydrogen) atoms. The van der Waals surface area contributed by atoms with Gasteiger partial charge in [-0.1, -0.05) is 12.1 Å². The van der Waals surface area contributed by atoms with Crippen LogP contribution in [0.15, 0.2) is 24.3 Å². The predicted octanol–water partition coefficient (Wildman–Crippen LogP) is 1.97. The number of hydrogen-bond donors (Lipinski definition) is 2. The number of anilines is 1. The zero-order chi connectivity index (χ0) is 16.2. The lowest BCUT2D eigenvalue weighted by Crippen LogP contribution is -2.47. The van der Waals surface area contributed by atoms with Crippen molar-refractivity contribution in [3.8, 4) is 0 Å². The maximum Gasteiger partial charge on any atom is 0.412 e. The van der Waals surface area contributed by atoms with Crippen LogP contribution < -0.4 is 10.6 Å². The fourth-order valence-electron chi connectivity index (χ4n) is 2.25. The normalized spacial score (nSPS) is 16.0. The monoisotopic (exact) mass is 305 g/mol. The van der Waals surface area contributed by atoms with Gasteiger partial charge in [-0.2, -0.15) is 0 Å². The Kier molecular flexibility index (Phi) is 5.03. The standard InChI is InChI=1S/C16H23N3O3/c1-16(2,3)22-15(21)18-13-6-4-5-12(9-13)10-19-8-7-17-14(20)11-19/h4-6,9H,7-8,10-11H2,1-3H3,(H,17,20)(H,18,21). The Balaban J connectivity index is 1.95. The van der Waals surface area contributed by atoms with E-state index in [0.717, 1.165) is 12.1 Å². The van der Waals surface area contributed by atoms with E-state index in [9.17, 15) is 9.59 Å². The maximum absolute atomic E-state index is 11.8. The number of nitrogens with zero attached hydrogens (tertiary/aromatic N) is 1. The minimum atomic E-state index is -0.525. The zero-order valence-corrected chi connectivity index (χ0v) is 13.3. The maximum atomic E-state index is 11.8. The van der Waals surface area contributed by atoms with Gasteiger partial charge in [-0.25, -0.2) is 4.79 Å². The summed E-state index contributed by atoms with van der Waals surface area (Å²) in [5.74, 6) is 0.0503. The Morgan fingerprint density at radius 1 is 1.41 bits per heavy atom. The summed E-state index contributed by atoms with van der Waals surface area (Å²) in [5, 5.41) is 5.53. The van der Waals surface area contributed by atoms with E-state index in [-0.39, 0.29) is 5.91 Å². The van der Waals surface area contributed by atoms with Gasteiger partial charge in [0.05, 0.1) is 6.54 Å². The van der Waals surface area contributed by atoms with Crippen molar-refractivity contribution in [2.45, 2.75) is 32.9 Å². The number of rotatable bonds is 3. The van der Waals surface area contributed by atoms with Crippen LogP contribution in [0.25, 0.3) is 0 Å². The number of benzene rings is 1. The summed E-state index contributed by atoms with van der Waals surface area (Å²) in [6.07, 6.45) is -0.470. The average molecular weight is 305 g/mol. The van der Waals surface area contributed by atoms with E-state index in [4.69, 9.17) is 4.74 Å². The number of carbonyl (C=O) groups excluding carboxylic acids is 2. The highest BCUT2D eigenvalue weighted by Gasteiger charge is 2.17. The molecule has 0 unspecified atom stereocenters. The molecule has 0 spiro atoms. The molecule has 0 aliphatic carbocycles. The molecule has 2 amide bonds. The van der Waals surface area contributed by atoms with Crippen molar-refractivity contribution >= 4 is 17.7 Å². The molecule has 6 nitrogen and oxygen atoms in total. The number of carbonyl (C=O) groups is 2. The number of ether oxygens (including phenoxy) is 1. The van der Waals surface area contributed by atoms with Gasteiger partial charge in [0.1, 0.15) is 5.60 Å². The number of piperazine rings is 1. The summed E-state index contributed by atoms with van der Waals surface area (Å²) in [7, 11) is 0. The Morgan fingerprint density at radius 2 is 2.18 bits per heavy atom. The van der Waals surface area contributed by atoms with Gasteiger partial charge in [0.25, 0.3) is 0 Å². The molecule has 1 aromatic rings. The lowest BCUT2D eigenvalue weighted by molar-refractivity contribution is -0.124. The SMILES string of the molecule is CC(C)(C)OC(=O)Nc1cccc(CN2CCNC(=O)C2)c1. The van der Waals surface area contributed by atoms with Crippen molar-refractivity contribution in [1.29, 1.82) is 0 Å². The lowest BCUT2D eigenvalue weighted by atomic mass is 10.1. The molecule has 0 bridgehead atoms. The molecule has 0 aromatic heterocycles. The van der Waals surface area contributed by atoms with Crippen LogP contribution >= 0.6 is 0 Å². The van der Waals surface area contributed by atoms with Crippen LogP contribution in [-0.4, -0.2) is 42.1 Å². The minimum absolute atomic E-state index is 0.0503. The van der Waals surface area contributed by atoms with Gasteiger partial charge in [0.2, 0.25) is 5.91 Å². The molecule has 1 aliphatic heterocycles. The summed E-state index contributed by atoms with van der Waals surface area (Å²) < 4.78 is 5.23. The molecular weight excluding hydrogens is 282 g/mol. The van der Waals surface area contributed by atoms with Gasteiger partial charge < -0.3 is 10.1 Å². The Labute approximate surface area is 130 Å². The second-order valence-electron chi connectivity index (χ2n) is 6.39. The third-order valence-electron chi connectivity index (χ3n) is 3.10. The topological polar surface area (TPSA) is 70.7 Å². The Morgan fingerprint density at radius 3 is 2.86 bits per heavy atom. The van der Waals surface area contributed by atoms with Gasteiger partial charge in [-0.15, -0.1) is 0 Å². The van der Waals surface area contributed by atoms with E-state index in [2.05, 4.69) is 15.5 Å². The average Bonchev–Trinajstić information content (AvgIpc) is 2.36. The number of nitrogens with one attached hydrogen (secondary N) is 2. The molecule has 0 atom stereocenters. The molecule has 1 aliphatic rings. The smallest absolute Gasteiger partial charge is 0.412 e. The van der Waals surface area contributed by atoms with Gasteiger partial charge >= 0.3 is 6.09 Å². The second-order valence-corrected chi connectivity index (χ2v) is 6.39. The number of hydrogen-bond acceptors (Lipinski definition) is 4. The molecule has 6 heteroatoms. The van der Waals surface area contributed by atoms with Gasteiger partial charge in [-0.05, 0) is 38.5 Å². The molecule has 1 aromatic carbocycles. The highest BCUT2D eigenvalue weighted by Crippen LogP contribution is 2.15. The van der Waals surface area contributed by atoms with Crippen LogP contribution in [0, 0.1) is 0 Å². The predicted molar refractivity (Wildman–Crippen MR) is 84.6 cm³/mol. The van der Waals surface area contributed by atoms with Crippen LogP contribution in [0.3, 0.4) is 0 Å². The van der Waals surface area contributed by atoms with Crippen molar-refractivity contribution in [1.82, 2.24) is 10.2 Å². The first-order chi connectivity index (χ1) is 10.3. The van der Waals surface area contributed by atoms with Crippen LogP contribution in [0.2, 0.25) is 0 Å². The highest BCUT2D eigenvalue weighted by atomic mass is 16.6. The first-order valence-corrected chi connectivity index (χ1v) is 7.40. The van der Waals surface area contributed by atoms with Crippen LogP contribution in [0.4, 0.5) is 10.5 Å². The highest BCUT2D eigenvalue weighted by molar-refractivity contribution is 5.85. The second kappa shape index (κ2) is 6.79. The molecular formula is C16H23N3O3. The minimum Gasteiger partial charge on any atom is -0.444 e. The first kappa shape index (κ1) is 16.3. The van der Waals surface area contributed by atoms with E-state index in [0.29, 0.717) is 25.3 Å². The third-order valence-corrected chi connectivity index (χ3v) is 3.10. The first-order valence-electron chi connectivity index (χ1n) is 7.40. The molecule has 2 rings (SSSR count). The van der Waals surface area contributed by atoms with E-state index in [1.165, 1.54) is 0 Å². The molecule has 1 heterocycles. The molecule has 1 fully saturated rings. The van der Waals surface area contributed by atoms with Crippen molar-refractivity contribution in [2.24, 2.45) is 0 Å². The van der Waals surface area contributed by atoms with Gasteiger partial charge in [-0.3, -0.25) is 15.0 Å². The van der Waals surface area contributed by atoms with Crippen molar-refractivity contribution in [3.63, 3.8) is 0 Å². The quantitative estimate of drug-likeness (QED) is 0.895. The summed E-state index contributed by atoms with van der Waals surface area (Å²) in [6, 6.07) is 7.57. The van der Waals surface area contributed by atoms with E-state index >= 15 is 0 Å². The van der Waals surface area contributed by atoms with Crippen LogP contribution in [-0.2, 0) is 16.1 Å². The summed E-state index contributed by atoms with van der Waals surface area (Å²) in [6.45, 7) is 8.06. The Hall–Kier alpha value is -2.08. The summed E-state index contributed by atoms with van der Waals surface area (Å²) in [5.41, 5.74) is 1.21. The van der Waals surface area contributed by atoms with Gasteiger partial charge in [0.15, 0.2) is 0 Å². The number of amides is 2. The van der Waals surface area contributed by atoms with Crippen molar-refractivity contribution in [3.05, 3.63) is 29.8 Å².